The van der Waals surface area contributed by atoms with Gasteiger partial charge in [-0.1, -0.05) is 11.6 Å². The number of halogens is 1. The predicted molar refractivity (Wildman–Crippen MR) is 66.8 cm³/mol. The van der Waals surface area contributed by atoms with E-state index >= 15 is 0 Å². The summed E-state index contributed by atoms with van der Waals surface area (Å²) in [6, 6.07) is 9.40. The summed E-state index contributed by atoms with van der Waals surface area (Å²) in [7, 11) is 1.84. The molecule has 1 heterocycles. The van der Waals surface area contributed by atoms with Crippen LogP contribution in [0.3, 0.4) is 0 Å². The Morgan fingerprint density at radius 1 is 1.12 bits per heavy atom. The smallest absolute Gasteiger partial charge is 0.161 e. The predicted octanol–water partition coefficient (Wildman–Crippen LogP) is 3.15. The summed E-state index contributed by atoms with van der Waals surface area (Å²) in [5.74, 6) is 1.53. The van der Waals surface area contributed by atoms with E-state index in [2.05, 4.69) is 15.3 Å². The lowest BCUT2D eigenvalue weighted by Gasteiger charge is -2.05. The van der Waals surface area contributed by atoms with Crippen LogP contribution in [0.2, 0.25) is 5.02 Å². The first kappa shape index (κ1) is 10.9. The fraction of sp³-hybridized carbons (Fsp3) is 0.167. The Morgan fingerprint density at radius 2 is 1.81 bits per heavy atom. The highest BCUT2D eigenvalue weighted by Crippen LogP contribution is 2.19. The molecule has 82 valence electrons. The van der Waals surface area contributed by atoms with E-state index in [1.165, 1.54) is 0 Å². The summed E-state index contributed by atoms with van der Waals surface area (Å²) in [6.45, 7) is 1.95. The van der Waals surface area contributed by atoms with E-state index in [0.717, 1.165) is 17.1 Å². The Hall–Kier alpha value is -1.61. The minimum atomic E-state index is 0.709. The third kappa shape index (κ3) is 2.31. The first-order chi connectivity index (χ1) is 7.69. The molecule has 0 aliphatic carbocycles. The van der Waals surface area contributed by atoms with Crippen molar-refractivity contribution < 1.29 is 0 Å². The lowest BCUT2D eigenvalue weighted by atomic mass is 10.2. The van der Waals surface area contributed by atoms with Crippen molar-refractivity contribution in [1.29, 1.82) is 0 Å². The number of hydrogen-bond acceptors (Lipinski definition) is 3. The van der Waals surface area contributed by atoms with E-state index in [4.69, 9.17) is 11.6 Å². The third-order valence-electron chi connectivity index (χ3n) is 2.21. The molecule has 0 unspecified atom stereocenters. The van der Waals surface area contributed by atoms with Gasteiger partial charge in [0.15, 0.2) is 5.82 Å². The van der Waals surface area contributed by atoms with Crippen molar-refractivity contribution >= 4 is 17.4 Å². The first-order valence-corrected chi connectivity index (χ1v) is 5.36. The van der Waals surface area contributed by atoms with Gasteiger partial charge in [0.1, 0.15) is 5.82 Å². The van der Waals surface area contributed by atoms with E-state index in [0.29, 0.717) is 10.8 Å². The molecule has 0 aliphatic heterocycles. The van der Waals surface area contributed by atoms with Gasteiger partial charge in [0, 0.05) is 29.4 Å². The van der Waals surface area contributed by atoms with Gasteiger partial charge in [-0.2, -0.15) is 0 Å². The van der Waals surface area contributed by atoms with Crippen molar-refractivity contribution in [3.63, 3.8) is 0 Å². The van der Waals surface area contributed by atoms with Crippen LogP contribution in [0.4, 0.5) is 5.82 Å². The maximum atomic E-state index is 5.84. The second-order valence-electron chi connectivity index (χ2n) is 3.48. The molecule has 0 amide bonds. The number of nitrogens with one attached hydrogen (secondary N) is 1. The summed E-state index contributed by atoms with van der Waals surface area (Å²) < 4.78 is 0. The molecule has 1 N–H and O–H groups in total. The van der Waals surface area contributed by atoms with Gasteiger partial charge in [0.05, 0.1) is 0 Å². The maximum Gasteiger partial charge on any atom is 0.161 e. The number of nitrogens with zero attached hydrogens (tertiary/aromatic N) is 2. The van der Waals surface area contributed by atoms with Gasteiger partial charge >= 0.3 is 0 Å². The van der Waals surface area contributed by atoms with Gasteiger partial charge in [0.25, 0.3) is 0 Å². The Bertz CT molecular complexity index is 494. The molecular weight excluding hydrogens is 222 g/mol. The lowest BCUT2D eigenvalue weighted by Crippen LogP contribution is -1.98. The monoisotopic (exact) mass is 233 g/mol. The van der Waals surface area contributed by atoms with Crippen molar-refractivity contribution in [2.75, 3.05) is 12.4 Å². The molecule has 0 spiro atoms. The minimum absolute atomic E-state index is 0.709. The van der Waals surface area contributed by atoms with Gasteiger partial charge in [-0.25, -0.2) is 9.97 Å². The van der Waals surface area contributed by atoms with Gasteiger partial charge in [0.2, 0.25) is 0 Å². The van der Waals surface area contributed by atoms with Crippen LogP contribution in [-0.4, -0.2) is 17.0 Å². The summed E-state index contributed by atoms with van der Waals surface area (Å²) in [5.41, 5.74) is 1.90. The summed E-state index contributed by atoms with van der Waals surface area (Å²) >= 11 is 5.84. The Morgan fingerprint density at radius 3 is 2.44 bits per heavy atom. The molecule has 0 aliphatic rings. The number of aromatic nitrogens is 2. The number of anilines is 1. The zero-order valence-electron chi connectivity index (χ0n) is 9.16. The molecule has 0 bridgehead atoms. The highest BCUT2D eigenvalue weighted by Gasteiger charge is 2.03. The summed E-state index contributed by atoms with van der Waals surface area (Å²) in [4.78, 5) is 8.77. The van der Waals surface area contributed by atoms with E-state index in [1.807, 2.05) is 44.3 Å². The number of benzene rings is 1. The van der Waals surface area contributed by atoms with E-state index in [9.17, 15) is 0 Å². The van der Waals surface area contributed by atoms with Crippen molar-refractivity contribution in [2.45, 2.75) is 6.92 Å². The first-order valence-electron chi connectivity index (χ1n) is 4.98. The van der Waals surface area contributed by atoms with Crippen molar-refractivity contribution in [2.24, 2.45) is 0 Å². The zero-order chi connectivity index (χ0) is 11.5. The van der Waals surface area contributed by atoms with Crippen LogP contribution >= 0.6 is 11.6 Å². The molecule has 1 aromatic carbocycles. The molecule has 2 rings (SSSR count). The molecule has 1 aromatic heterocycles. The van der Waals surface area contributed by atoms with Crippen LogP contribution in [-0.2, 0) is 0 Å². The molecular formula is C12H12ClN3. The molecule has 0 saturated carbocycles. The van der Waals surface area contributed by atoms with Crippen LogP contribution in [0.25, 0.3) is 11.4 Å². The van der Waals surface area contributed by atoms with Crippen LogP contribution in [0, 0.1) is 6.92 Å². The average molecular weight is 234 g/mol. The second kappa shape index (κ2) is 4.49. The van der Waals surface area contributed by atoms with Gasteiger partial charge < -0.3 is 5.32 Å². The standard InChI is InChI=1S/C12H12ClN3/c1-8-7-11(14-2)16-12(15-8)9-3-5-10(13)6-4-9/h3-7H,1-2H3,(H,14,15,16). The minimum Gasteiger partial charge on any atom is -0.373 e. The number of hydrogen-bond donors (Lipinski definition) is 1. The van der Waals surface area contributed by atoms with Crippen molar-refractivity contribution in [3.8, 4) is 11.4 Å². The molecule has 2 aromatic rings. The van der Waals surface area contributed by atoms with Crippen LogP contribution < -0.4 is 5.32 Å². The summed E-state index contributed by atoms with van der Waals surface area (Å²) in [6.07, 6.45) is 0. The third-order valence-corrected chi connectivity index (χ3v) is 2.46. The SMILES string of the molecule is CNc1cc(C)nc(-c2ccc(Cl)cc2)n1. The lowest BCUT2D eigenvalue weighted by molar-refractivity contribution is 1.11. The van der Waals surface area contributed by atoms with Crippen molar-refractivity contribution in [3.05, 3.63) is 41.0 Å². The number of aryl methyl sites for hydroxylation is 1. The van der Waals surface area contributed by atoms with Gasteiger partial charge in [-0.15, -0.1) is 0 Å². The fourth-order valence-corrected chi connectivity index (χ4v) is 1.55. The Labute approximate surface area is 99.5 Å². The number of rotatable bonds is 2. The topological polar surface area (TPSA) is 37.8 Å². The van der Waals surface area contributed by atoms with Crippen molar-refractivity contribution in [1.82, 2.24) is 9.97 Å². The normalized spacial score (nSPS) is 10.2. The molecule has 3 nitrogen and oxygen atoms in total. The quantitative estimate of drug-likeness (QED) is 0.866. The average Bonchev–Trinajstić information content (AvgIpc) is 2.29. The Kier molecular flexibility index (Phi) is 3.06. The Balaban J connectivity index is 2.47. The summed E-state index contributed by atoms with van der Waals surface area (Å²) in [5, 5.41) is 3.73. The highest BCUT2D eigenvalue weighted by molar-refractivity contribution is 6.30. The van der Waals surface area contributed by atoms with Gasteiger partial charge in [-0.3, -0.25) is 0 Å². The molecule has 4 heteroatoms. The zero-order valence-corrected chi connectivity index (χ0v) is 9.92. The molecule has 0 fully saturated rings. The van der Waals surface area contributed by atoms with Crippen LogP contribution in [0.15, 0.2) is 30.3 Å². The molecule has 16 heavy (non-hydrogen) atoms. The van der Waals surface area contributed by atoms with Crippen LogP contribution in [0.1, 0.15) is 5.69 Å². The maximum absolute atomic E-state index is 5.84. The molecule has 0 atom stereocenters. The van der Waals surface area contributed by atoms with E-state index < -0.39 is 0 Å². The fourth-order valence-electron chi connectivity index (χ4n) is 1.42. The van der Waals surface area contributed by atoms with E-state index in [-0.39, 0.29) is 0 Å². The largest absolute Gasteiger partial charge is 0.373 e. The van der Waals surface area contributed by atoms with Crippen LogP contribution in [0.5, 0.6) is 0 Å². The van der Waals surface area contributed by atoms with E-state index in [1.54, 1.807) is 0 Å². The molecule has 0 radical (unpaired) electrons. The molecule has 0 saturated heterocycles. The highest BCUT2D eigenvalue weighted by atomic mass is 35.5. The second-order valence-corrected chi connectivity index (χ2v) is 3.91. The van der Waals surface area contributed by atoms with Gasteiger partial charge in [-0.05, 0) is 31.2 Å².